The van der Waals surface area contributed by atoms with Crippen molar-refractivity contribution in [1.29, 1.82) is 0 Å². The van der Waals surface area contributed by atoms with Crippen molar-refractivity contribution in [3.05, 3.63) is 54.6 Å². The number of ether oxygens (including phenoxy) is 1. The highest BCUT2D eigenvalue weighted by Gasteiger charge is 2.22. The number of amides is 1. The minimum absolute atomic E-state index is 0.310. The molecule has 0 aromatic carbocycles. The van der Waals surface area contributed by atoms with Crippen molar-refractivity contribution in [3.63, 3.8) is 0 Å². The molecule has 6 nitrogen and oxygen atoms in total. The molecule has 0 bridgehead atoms. The largest absolute Gasteiger partial charge is 0.449 e. The Morgan fingerprint density at radius 2 is 1.90 bits per heavy atom. The number of carbonyl (C=O) groups is 2. The van der Waals surface area contributed by atoms with Crippen LogP contribution in [0.4, 0.5) is 5.69 Å². The molecule has 0 aliphatic carbocycles. The van der Waals surface area contributed by atoms with E-state index in [1.54, 1.807) is 43.6 Å². The normalized spacial score (nSPS) is 11.5. The van der Waals surface area contributed by atoms with E-state index in [1.807, 2.05) is 0 Å². The first-order valence-corrected chi connectivity index (χ1v) is 6.52. The maximum Gasteiger partial charge on any atom is 0.340 e. The first-order valence-electron chi connectivity index (χ1n) is 6.52. The lowest BCUT2D eigenvalue weighted by atomic mass is 10.2. The van der Waals surface area contributed by atoms with Gasteiger partial charge in [-0.3, -0.25) is 14.8 Å². The van der Waals surface area contributed by atoms with Crippen molar-refractivity contribution in [2.75, 3.05) is 5.32 Å². The Hall–Kier alpha value is -2.76. The molecule has 0 fully saturated rings. The predicted molar refractivity (Wildman–Crippen MR) is 76.6 cm³/mol. The number of esters is 1. The van der Waals surface area contributed by atoms with Gasteiger partial charge in [0.15, 0.2) is 6.10 Å². The highest BCUT2D eigenvalue weighted by atomic mass is 16.5. The zero-order valence-electron chi connectivity index (χ0n) is 11.5. The summed E-state index contributed by atoms with van der Waals surface area (Å²) in [6.45, 7) is 1.77. The Balaban J connectivity index is 1.99. The van der Waals surface area contributed by atoms with Crippen LogP contribution in [0.25, 0.3) is 0 Å². The third kappa shape index (κ3) is 4.10. The van der Waals surface area contributed by atoms with E-state index in [4.69, 9.17) is 4.74 Å². The summed E-state index contributed by atoms with van der Waals surface area (Å²) in [5, 5.41) is 2.66. The van der Waals surface area contributed by atoms with Crippen LogP contribution in [-0.4, -0.2) is 27.9 Å². The number of aromatic nitrogens is 2. The summed E-state index contributed by atoms with van der Waals surface area (Å²) in [4.78, 5) is 31.7. The summed E-state index contributed by atoms with van der Waals surface area (Å²) in [5.74, 6) is -0.959. The second kappa shape index (κ2) is 7.14. The van der Waals surface area contributed by atoms with Gasteiger partial charge in [-0.1, -0.05) is 6.92 Å². The molecule has 2 heterocycles. The van der Waals surface area contributed by atoms with Crippen molar-refractivity contribution in [1.82, 2.24) is 9.97 Å². The fourth-order valence-corrected chi connectivity index (χ4v) is 1.66. The van der Waals surface area contributed by atoms with E-state index in [0.717, 1.165) is 0 Å². The maximum absolute atomic E-state index is 12.1. The zero-order valence-corrected chi connectivity index (χ0v) is 11.5. The number of rotatable bonds is 5. The second-order valence-corrected chi connectivity index (χ2v) is 4.27. The number of hydrogen-bond acceptors (Lipinski definition) is 5. The molecular formula is C15H15N3O3. The summed E-state index contributed by atoms with van der Waals surface area (Å²) < 4.78 is 5.21. The van der Waals surface area contributed by atoms with Crippen molar-refractivity contribution >= 4 is 17.6 Å². The van der Waals surface area contributed by atoms with Gasteiger partial charge < -0.3 is 10.1 Å². The topological polar surface area (TPSA) is 81.2 Å². The van der Waals surface area contributed by atoms with Gasteiger partial charge in [0.2, 0.25) is 0 Å². The molecule has 0 radical (unpaired) electrons. The molecule has 6 heteroatoms. The smallest absolute Gasteiger partial charge is 0.340 e. The fourth-order valence-electron chi connectivity index (χ4n) is 1.66. The molecule has 2 rings (SSSR count). The van der Waals surface area contributed by atoms with Gasteiger partial charge in [0.1, 0.15) is 0 Å². The number of anilines is 1. The van der Waals surface area contributed by atoms with E-state index < -0.39 is 12.1 Å². The Bertz CT molecular complexity index is 602. The Morgan fingerprint density at radius 3 is 2.48 bits per heavy atom. The van der Waals surface area contributed by atoms with Gasteiger partial charge in [0.25, 0.3) is 5.91 Å². The van der Waals surface area contributed by atoms with E-state index in [1.165, 1.54) is 12.4 Å². The van der Waals surface area contributed by atoms with Crippen LogP contribution in [0, 0.1) is 0 Å². The molecular weight excluding hydrogens is 270 g/mol. The average molecular weight is 285 g/mol. The van der Waals surface area contributed by atoms with Crippen LogP contribution in [0.5, 0.6) is 0 Å². The molecule has 2 aromatic heterocycles. The molecule has 1 atom stereocenters. The van der Waals surface area contributed by atoms with Gasteiger partial charge in [0, 0.05) is 18.6 Å². The summed E-state index contributed by atoms with van der Waals surface area (Å²) >= 11 is 0. The summed E-state index contributed by atoms with van der Waals surface area (Å²) in [6, 6.07) is 6.63. The van der Waals surface area contributed by atoms with E-state index in [-0.39, 0.29) is 5.91 Å². The van der Waals surface area contributed by atoms with Crippen molar-refractivity contribution in [3.8, 4) is 0 Å². The van der Waals surface area contributed by atoms with E-state index in [2.05, 4.69) is 15.3 Å². The van der Waals surface area contributed by atoms with Gasteiger partial charge in [-0.15, -0.1) is 0 Å². The van der Waals surface area contributed by atoms with E-state index in [9.17, 15) is 9.59 Å². The quantitative estimate of drug-likeness (QED) is 0.850. The standard InChI is InChI=1S/C15H15N3O3/c1-2-13(14(19)18-12-6-4-8-17-10-12)21-15(20)11-5-3-7-16-9-11/h3-10,13H,2H2,1H3,(H,18,19). The Kier molecular flexibility index (Phi) is 4.98. The number of carbonyl (C=O) groups excluding carboxylic acids is 2. The SMILES string of the molecule is CCC(OC(=O)c1cccnc1)C(=O)Nc1cccnc1. The van der Waals surface area contributed by atoms with Crippen LogP contribution < -0.4 is 5.32 Å². The highest BCUT2D eigenvalue weighted by molar-refractivity contribution is 5.97. The van der Waals surface area contributed by atoms with Crippen LogP contribution in [0.15, 0.2) is 49.1 Å². The van der Waals surface area contributed by atoms with Crippen LogP contribution in [0.1, 0.15) is 23.7 Å². The molecule has 0 saturated carbocycles. The third-order valence-corrected chi connectivity index (χ3v) is 2.74. The molecule has 1 N–H and O–H groups in total. The zero-order chi connectivity index (χ0) is 15.1. The average Bonchev–Trinajstić information content (AvgIpc) is 2.54. The van der Waals surface area contributed by atoms with Crippen molar-refractivity contribution in [2.45, 2.75) is 19.4 Å². The first-order chi connectivity index (χ1) is 10.2. The predicted octanol–water partition coefficient (Wildman–Crippen LogP) is 2.05. The number of hydrogen-bond donors (Lipinski definition) is 1. The van der Waals surface area contributed by atoms with Gasteiger partial charge in [-0.05, 0) is 30.7 Å². The number of nitrogens with one attached hydrogen (secondary N) is 1. The second-order valence-electron chi connectivity index (χ2n) is 4.27. The molecule has 21 heavy (non-hydrogen) atoms. The maximum atomic E-state index is 12.1. The molecule has 0 aliphatic heterocycles. The molecule has 2 aromatic rings. The van der Waals surface area contributed by atoms with Gasteiger partial charge >= 0.3 is 5.97 Å². The molecule has 0 spiro atoms. The van der Waals surface area contributed by atoms with Gasteiger partial charge in [-0.25, -0.2) is 4.79 Å². The first kappa shape index (κ1) is 14.6. The van der Waals surface area contributed by atoms with Crippen molar-refractivity contribution in [2.24, 2.45) is 0 Å². The summed E-state index contributed by atoms with van der Waals surface area (Å²) in [6.07, 6.45) is 5.59. The molecule has 1 unspecified atom stereocenters. The van der Waals surface area contributed by atoms with Crippen LogP contribution >= 0.6 is 0 Å². The monoisotopic (exact) mass is 285 g/mol. The highest BCUT2D eigenvalue weighted by Crippen LogP contribution is 2.09. The van der Waals surface area contributed by atoms with Crippen LogP contribution in [0.2, 0.25) is 0 Å². The Morgan fingerprint density at radius 1 is 1.19 bits per heavy atom. The van der Waals surface area contributed by atoms with E-state index in [0.29, 0.717) is 17.7 Å². The van der Waals surface area contributed by atoms with Crippen molar-refractivity contribution < 1.29 is 14.3 Å². The molecule has 1 amide bonds. The third-order valence-electron chi connectivity index (χ3n) is 2.74. The van der Waals surface area contributed by atoms with Gasteiger partial charge in [-0.2, -0.15) is 0 Å². The van der Waals surface area contributed by atoms with Crippen LogP contribution in [0.3, 0.4) is 0 Å². The fraction of sp³-hybridized carbons (Fsp3) is 0.200. The minimum Gasteiger partial charge on any atom is -0.449 e. The van der Waals surface area contributed by atoms with Crippen LogP contribution in [-0.2, 0) is 9.53 Å². The number of nitrogens with zero attached hydrogens (tertiary/aromatic N) is 2. The molecule has 108 valence electrons. The number of pyridine rings is 2. The lowest BCUT2D eigenvalue weighted by Crippen LogP contribution is -2.32. The molecule has 0 saturated heterocycles. The van der Waals surface area contributed by atoms with Gasteiger partial charge in [0.05, 0.1) is 17.4 Å². The van der Waals surface area contributed by atoms with E-state index >= 15 is 0 Å². The lowest BCUT2D eigenvalue weighted by Gasteiger charge is -2.15. The minimum atomic E-state index is -0.863. The summed E-state index contributed by atoms with van der Waals surface area (Å²) in [7, 11) is 0. The lowest BCUT2D eigenvalue weighted by molar-refractivity contribution is -0.124. The molecule has 0 aliphatic rings. The summed E-state index contributed by atoms with van der Waals surface area (Å²) in [5.41, 5.74) is 0.864. The Labute approximate surface area is 122 Å².